The van der Waals surface area contributed by atoms with Crippen LogP contribution in [0.15, 0.2) is 18.2 Å². The molecule has 2 amide bonds. The van der Waals surface area contributed by atoms with E-state index in [0.717, 1.165) is 37.9 Å². The van der Waals surface area contributed by atoms with Gasteiger partial charge in [0.1, 0.15) is 5.69 Å². The van der Waals surface area contributed by atoms with Crippen molar-refractivity contribution in [3.05, 3.63) is 29.6 Å². The Morgan fingerprint density at radius 1 is 1.45 bits per heavy atom. The molecule has 1 aromatic heterocycles. The number of aromatic nitrogens is 1. The highest BCUT2D eigenvalue weighted by Crippen LogP contribution is 2.37. The Morgan fingerprint density at radius 2 is 2.27 bits per heavy atom. The molecular weight excluding hydrogens is 278 g/mol. The van der Waals surface area contributed by atoms with Gasteiger partial charge in [-0.05, 0) is 44.7 Å². The third kappa shape index (κ3) is 2.49. The van der Waals surface area contributed by atoms with Crippen molar-refractivity contribution < 1.29 is 9.59 Å². The standard InChI is InChI=1S/C17H23N3O2/c1-3-14-17(10-8-15(21)19-17)9-5-11-20(14)16(22)13-7-4-6-12(2)18-13/h4,6-7,14H,3,5,8-11H2,1-2H3,(H,19,21)/t14-,17-/m1/s1. The molecule has 2 saturated heterocycles. The molecule has 1 spiro atoms. The van der Waals surface area contributed by atoms with Gasteiger partial charge < -0.3 is 10.2 Å². The zero-order valence-corrected chi connectivity index (χ0v) is 13.3. The van der Waals surface area contributed by atoms with Crippen molar-refractivity contribution in [2.45, 2.75) is 57.5 Å². The summed E-state index contributed by atoms with van der Waals surface area (Å²) in [4.78, 5) is 30.9. The molecule has 2 aliphatic heterocycles. The van der Waals surface area contributed by atoms with Crippen LogP contribution >= 0.6 is 0 Å². The molecule has 0 saturated carbocycles. The van der Waals surface area contributed by atoms with Crippen molar-refractivity contribution in [2.24, 2.45) is 0 Å². The first-order chi connectivity index (χ1) is 10.6. The number of hydrogen-bond donors (Lipinski definition) is 1. The molecule has 118 valence electrons. The van der Waals surface area contributed by atoms with Gasteiger partial charge in [-0.3, -0.25) is 9.59 Å². The number of carbonyl (C=O) groups is 2. The number of aryl methyl sites for hydroxylation is 1. The molecule has 0 aromatic carbocycles. The smallest absolute Gasteiger partial charge is 0.272 e. The second-order valence-electron chi connectivity index (χ2n) is 6.39. The monoisotopic (exact) mass is 301 g/mol. The predicted molar refractivity (Wildman–Crippen MR) is 83.4 cm³/mol. The van der Waals surface area contributed by atoms with Gasteiger partial charge >= 0.3 is 0 Å². The quantitative estimate of drug-likeness (QED) is 0.909. The van der Waals surface area contributed by atoms with Gasteiger partial charge in [-0.15, -0.1) is 0 Å². The lowest BCUT2D eigenvalue weighted by Crippen LogP contribution is -2.63. The SMILES string of the molecule is CC[C@H]1N(C(=O)c2cccc(C)n2)CCC[C@@]12CCC(=O)N2. The Labute approximate surface area is 131 Å². The minimum Gasteiger partial charge on any atom is -0.349 e. The van der Waals surface area contributed by atoms with E-state index in [-0.39, 0.29) is 23.4 Å². The van der Waals surface area contributed by atoms with Crippen molar-refractivity contribution in [3.8, 4) is 0 Å². The molecule has 2 fully saturated rings. The Kier molecular flexibility index (Phi) is 3.89. The first-order valence-electron chi connectivity index (χ1n) is 8.11. The Bertz CT molecular complexity index is 601. The summed E-state index contributed by atoms with van der Waals surface area (Å²) < 4.78 is 0. The minimum absolute atomic E-state index is 0.0178. The lowest BCUT2D eigenvalue weighted by atomic mass is 9.78. The molecular formula is C17H23N3O2. The van der Waals surface area contributed by atoms with Crippen LogP contribution in [-0.2, 0) is 4.79 Å². The van der Waals surface area contributed by atoms with Crippen LogP contribution in [0.1, 0.15) is 55.2 Å². The van der Waals surface area contributed by atoms with E-state index in [1.807, 2.05) is 24.0 Å². The summed E-state index contributed by atoms with van der Waals surface area (Å²) in [5.41, 5.74) is 1.11. The molecule has 5 nitrogen and oxygen atoms in total. The lowest BCUT2D eigenvalue weighted by molar-refractivity contribution is -0.120. The molecule has 0 aliphatic carbocycles. The minimum atomic E-state index is -0.233. The van der Waals surface area contributed by atoms with Gasteiger partial charge in [-0.2, -0.15) is 0 Å². The average Bonchev–Trinajstić information content (AvgIpc) is 2.87. The molecule has 2 atom stereocenters. The first kappa shape index (κ1) is 15.0. The largest absolute Gasteiger partial charge is 0.349 e. The number of nitrogens with zero attached hydrogens (tertiary/aromatic N) is 2. The van der Waals surface area contributed by atoms with E-state index in [9.17, 15) is 9.59 Å². The summed E-state index contributed by atoms with van der Waals surface area (Å²) in [6.07, 6.45) is 4.13. The molecule has 1 N–H and O–H groups in total. The molecule has 2 aliphatic rings. The Balaban J connectivity index is 1.89. The van der Waals surface area contributed by atoms with Gasteiger partial charge in [0.2, 0.25) is 5.91 Å². The fraction of sp³-hybridized carbons (Fsp3) is 0.588. The van der Waals surface area contributed by atoms with Gasteiger partial charge in [0.15, 0.2) is 0 Å². The van der Waals surface area contributed by atoms with Crippen molar-refractivity contribution in [2.75, 3.05) is 6.54 Å². The van der Waals surface area contributed by atoms with Crippen LogP contribution in [0.3, 0.4) is 0 Å². The van der Waals surface area contributed by atoms with E-state index in [4.69, 9.17) is 0 Å². The van der Waals surface area contributed by atoms with E-state index in [0.29, 0.717) is 12.1 Å². The summed E-state index contributed by atoms with van der Waals surface area (Å²) in [7, 11) is 0. The number of pyridine rings is 1. The second-order valence-corrected chi connectivity index (χ2v) is 6.39. The van der Waals surface area contributed by atoms with Crippen LogP contribution in [-0.4, -0.2) is 39.8 Å². The summed E-state index contributed by atoms with van der Waals surface area (Å²) >= 11 is 0. The van der Waals surface area contributed by atoms with Crippen molar-refractivity contribution in [1.82, 2.24) is 15.2 Å². The molecule has 5 heteroatoms. The van der Waals surface area contributed by atoms with Gasteiger partial charge in [0, 0.05) is 18.7 Å². The molecule has 22 heavy (non-hydrogen) atoms. The van der Waals surface area contributed by atoms with Crippen LogP contribution in [0.25, 0.3) is 0 Å². The van der Waals surface area contributed by atoms with E-state index < -0.39 is 0 Å². The maximum Gasteiger partial charge on any atom is 0.272 e. The van der Waals surface area contributed by atoms with Crippen LogP contribution in [0.5, 0.6) is 0 Å². The number of nitrogens with one attached hydrogen (secondary N) is 1. The fourth-order valence-electron chi connectivity index (χ4n) is 4.03. The zero-order chi connectivity index (χ0) is 15.7. The van der Waals surface area contributed by atoms with Crippen molar-refractivity contribution in [1.29, 1.82) is 0 Å². The van der Waals surface area contributed by atoms with Gasteiger partial charge in [-0.1, -0.05) is 13.0 Å². The zero-order valence-electron chi connectivity index (χ0n) is 13.3. The molecule has 3 rings (SSSR count). The van der Waals surface area contributed by atoms with E-state index in [1.165, 1.54) is 0 Å². The van der Waals surface area contributed by atoms with E-state index in [2.05, 4.69) is 17.2 Å². The van der Waals surface area contributed by atoms with Crippen LogP contribution < -0.4 is 5.32 Å². The fourth-order valence-corrected chi connectivity index (χ4v) is 4.03. The predicted octanol–water partition coefficient (Wildman–Crippen LogP) is 2.05. The normalized spacial score (nSPS) is 28.0. The lowest BCUT2D eigenvalue weighted by Gasteiger charge is -2.48. The number of likely N-dealkylation sites (tertiary alicyclic amines) is 1. The van der Waals surface area contributed by atoms with Gasteiger partial charge in [0.05, 0.1) is 11.6 Å². The number of carbonyl (C=O) groups excluding carboxylic acids is 2. The van der Waals surface area contributed by atoms with Gasteiger partial charge in [-0.25, -0.2) is 4.98 Å². The maximum atomic E-state index is 12.9. The van der Waals surface area contributed by atoms with Gasteiger partial charge in [0.25, 0.3) is 5.91 Å². The molecule has 1 aromatic rings. The summed E-state index contributed by atoms with van der Waals surface area (Å²) in [6.45, 7) is 4.72. The second kappa shape index (κ2) is 5.71. The van der Waals surface area contributed by atoms with Crippen LogP contribution in [0.2, 0.25) is 0 Å². The number of hydrogen-bond acceptors (Lipinski definition) is 3. The molecule has 3 heterocycles. The highest BCUT2D eigenvalue weighted by atomic mass is 16.2. The van der Waals surface area contributed by atoms with Crippen LogP contribution in [0.4, 0.5) is 0 Å². The third-order valence-electron chi connectivity index (χ3n) is 4.98. The Morgan fingerprint density at radius 3 is 2.91 bits per heavy atom. The summed E-state index contributed by atoms with van der Waals surface area (Å²) in [5.74, 6) is 0.0946. The highest BCUT2D eigenvalue weighted by molar-refractivity contribution is 5.93. The Hall–Kier alpha value is -1.91. The number of piperidine rings is 1. The first-order valence-corrected chi connectivity index (χ1v) is 8.11. The van der Waals surface area contributed by atoms with Crippen molar-refractivity contribution >= 4 is 11.8 Å². The topological polar surface area (TPSA) is 62.3 Å². The maximum absolute atomic E-state index is 12.9. The molecule has 0 bridgehead atoms. The van der Waals surface area contributed by atoms with E-state index >= 15 is 0 Å². The number of amides is 2. The summed E-state index contributed by atoms with van der Waals surface area (Å²) in [5, 5.41) is 3.16. The van der Waals surface area contributed by atoms with E-state index in [1.54, 1.807) is 6.07 Å². The van der Waals surface area contributed by atoms with Crippen LogP contribution in [0, 0.1) is 6.92 Å². The average molecular weight is 301 g/mol. The third-order valence-corrected chi connectivity index (χ3v) is 4.98. The highest BCUT2D eigenvalue weighted by Gasteiger charge is 2.49. The number of rotatable bonds is 2. The summed E-state index contributed by atoms with van der Waals surface area (Å²) in [6, 6.07) is 5.59. The molecule has 0 unspecified atom stereocenters. The molecule has 0 radical (unpaired) electrons. The van der Waals surface area contributed by atoms with Crippen molar-refractivity contribution in [3.63, 3.8) is 0 Å².